The molecule has 0 saturated heterocycles. The molecule has 7 nitrogen and oxygen atoms in total. The minimum Gasteiger partial charge on any atom is -0.465 e. The molecule has 2 atom stereocenters. The van der Waals surface area contributed by atoms with E-state index in [4.69, 9.17) is 10.5 Å². The Morgan fingerprint density at radius 3 is 2.37 bits per heavy atom. The van der Waals surface area contributed by atoms with Gasteiger partial charge in [-0.2, -0.15) is 15.8 Å². The van der Waals surface area contributed by atoms with Crippen LogP contribution in [-0.2, 0) is 4.74 Å². The van der Waals surface area contributed by atoms with Crippen LogP contribution in [0.5, 0.6) is 0 Å². The van der Waals surface area contributed by atoms with E-state index in [0.29, 0.717) is 24.2 Å². The molecule has 0 radical (unpaired) electrons. The molecule has 1 aromatic rings. The summed E-state index contributed by atoms with van der Waals surface area (Å²) in [6.07, 6.45) is 1.98. The second-order valence-electron chi connectivity index (χ2n) is 7.84. The first-order chi connectivity index (χ1) is 14.3. The van der Waals surface area contributed by atoms with E-state index in [0.717, 1.165) is 5.57 Å². The van der Waals surface area contributed by atoms with E-state index in [1.165, 1.54) is 7.11 Å². The highest BCUT2D eigenvalue weighted by Gasteiger charge is 2.54. The van der Waals surface area contributed by atoms with Crippen LogP contribution < -0.4 is 5.73 Å². The lowest BCUT2D eigenvalue weighted by Gasteiger charge is -2.46. The predicted octanol–water partition coefficient (Wildman–Crippen LogP) is 2.61. The Hall–Kier alpha value is -3.60. The first-order valence-electron chi connectivity index (χ1n) is 9.70. The molecule has 1 aromatic carbocycles. The Labute approximate surface area is 176 Å². The molecule has 152 valence electrons. The van der Waals surface area contributed by atoms with E-state index in [1.54, 1.807) is 24.3 Å². The molecule has 1 aliphatic heterocycles. The third-order valence-electron chi connectivity index (χ3n) is 6.11. The van der Waals surface area contributed by atoms with Crippen LogP contribution in [-0.4, -0.2) is 37.1 Å². The fourth-order valence-electron chi connectivity index (χ4n) is 4.44. The number of nitrogens with zero attached hydrogens (tertiary/aromatic N) is 4. The van der Waals surface area contributed by atoms with Gasteiger partial charge in [-0.3, -0.25) is 4.90 Å². The second kappa shape index (κ2) is 8.03. The number of carbonyl (C=O) groups is 1. The van der Waals surface area contributed by atoms with Crippen LogP contribution in [0, 0.1) is 45.3 Å². The summed E-state index contributed by atoms with van der Waals surface area (Å²) in [7, 11) is 1.31. The molecule has 7 heteroatoms. The van der Waals surface area contributed by atoms with Crippen LogP contribution in [0.15, 0.2) is 47.2 Å². The lowest BCUT2D eigenvalue weighted by atomic mass is 9.58. The van der Waals surface area contributed by atoms with Gasteiger partial charge in [0.25, 0.3) is 0 Å². The van der Waals surface area contributed by atoms with Gasteiger partial charge in [0.05, 0.1) is 36.1 Å². The molecule has 3 rings (SSSR count). The average molecular weight is 401 g/mol. The fourth-order valence-corrected chi connectivity index (χ4v) is 4.44. The topological polar surface area (TPSA) is 127 Å². The van der Waals surface area contributed by atoms with Crippen molar-refractivity contribution in [3.63, 3.8) is 0 Å². The molecule has 30 heavy (non-hydrogen) atoms. The zero-order chi connectivity index (χ0) is 22.1. The minimum absolute atomic E-state index is 0.00228. The summed E-state index contributed by atoms with van der Waals surface area (Å²) >= 11 is 0. The normalized spacial score (nSPS) is 22.9. The van der Waals surface area contributed by atoms with Gasteiger partial charge in [-0.05, 0) is 37.1 Å². The Morgan fingerprint density at radius 2 is 1.87 bits per heavy atom. The van der Waals surface area contributed by atoms with Crippen molar-refractivity contribution in [2.75, 3.05) is 20.2 Å². The number of fused-ring (bicyclic) bond motifs is 1. The van der Waals surface area contributed by atoms with Crippen molar-refractivity contribution >= 4 is 5.97 Å². The number of methoxy groups -OCH3 is 1. The van der Waals surface area contributed by atoms with Crippen molar-refractivity contribution in [3.05, 3.63) is 58.3 Å². The fraction of sp³-hybridized carbons (Fsp3) is 0.391. The molecule has 1 heterocycles. The first kappa shape index (κ1) is 21.1. The van der Waals surface area contributed by atoms with E-state index in [1.807, 2.05) is 6.08 Å². The SMILES string of the molecule is COC(=O)c1ccc(C2C3CN(C(C)C)CC=C3C(C#N)=C(N)C2(C#N)C#N)cc1. The van der Waals surface area contributed by atoms with Crippen LogP contribution in [0.25, 0.3) is 0 Å². The van der Waals surface area contributed by atoms with E-state index >= 15 is 0 Å². The Bertz CT molecular complexity index is 1030. The van der Waals surface area contributed by atoms with E-state index in [2.05, 4.69) is 37.0 Å². The Kier molecular flexibility index (Phi) is 5.65. The summed E-state index contributed by atoms with van der Waals surface area (Å²) in [6, 6.07) is 13.3. The average Bonchev–Trinajstić information content (AvgIpc) is 2.77. The smallest absolute Gasteiger partial charge is 0.337 e. The zero-order valence-corrected chi connectivity index (χ0v) is 17.2. The highest BCUT2D eigenvalue weighted by Crippen LogP contribution is 2.54. The number of rotatable bonds is 3. The number of allylic oxidation sites excluding steroid dienone is 2. The number of benzene rings is 1. The summed E-state index contributed by atoms with van der Waals surface area (Å²) < 4.78 is 4.75. The number of hydrogen-bond acceptors (Lipinski definition) is 7. The van der Waals surface area contributed by atoms with E-state index in [9.17, 15) is 20.6 Å². The molecule has 2 N–H and O–H groups in total. The van der Waals surface area contributed by atoms with Crippen molar-refractivity contribution in [1.82, 2.24) is 4.90 Å². The van der Waals surface area contributed by atoms with Crippen molar-refractivity contribution in [1.29, 1.82) is 15.8 Å². The van der Waals surface area contributed by atoms with Gasteiger partial charge in [0.2, 0.25) is 0 Å². The van der Waals surface area contributed by atoms with Crippen molar-refractivity contribution in [2.24, 2.45) is 17.1 Å². The van der Waals surface area contributed by atoms with Gasteiger partial charge in [-0.1, -0.05) is 18.2 Å². The minimum atomic E-state index is -1.68. The first-order valence-corrected chi connectivity index (χ1v) is 9.70. The number of ether oxygens (including phenoxy) is 1. The number of nitrogens with two attached hydrogens (primary N) is 1. The molecule has 0 spiro atoms. The maximum Gasteiger partial charge on any atom is 0.337 e. The van der Waals surface area contributed by atoms with Crippen LogP contribution >= 0.6 is 0 Å². The standard InChI is InChI=1S/C23H23N5O2/c1-14(2)28-9-8-17-18(10-24)21(27)23(12-25,13-26)20(19(17)11-28)15-4-6-16(7-5-15)22(29)30-3/h4-8,14,19-20H,9,11,27H2,1-3H3. The largest absolute Gasteiger partial charge is 0.465 e. The molecule has 0 aromatic heterocycles. The summed E-state index contributed by atoms with van der Waals surface area (Å²) in [5.74, 6) is -1.30. The van der Waals surface area contributed by atoms with Gasteiger partial charge in [0, 0.05) is 31.0 Å². The van der Waals surface area contributed by atoms with Crippen molar-refractivity contribution < 1.29 is 9.53 Å². The molecule has 0 saturated carbocycles. The molecule has 2 unspecified atom stereocenters. The number of carbonyl (C=O) groups excluding carboxylic acids is 1. The number of esters is 1. The monoisotopic (exact) mass is 401 g/mol. The van der Waals surface area contributed by atoms with Gasteiger partial charge in [0.15, 0.2) is 5.41 Å². The maximum absolute atomic E-state index is 11.8. The molecule has 2 aliphatic rings. The Balaban J connectivity index is 2.23. The highest BCUT2D eigenvalue weighted by atomic mass is 16.5. The van der Waals surface area contributed by atoms with Crippen LogP contribution in [0.1, 0.15) is 35.7 Å². The van der Waals surface area contributed by atoms with Gasteiger partial charge >= 0.3 is 5.97 Å². The number of hydrogen-bond donors (Lipinski definition) is 1. The summed E-state index contributed by atoms with van der Waals surface area (Å²) in [5.41, 5.74) is 6.73. The molecule has 0 fully saturated rings. The van der Waals surface area contributed by atoms with E-state index in [-0.39, 0.29) is 23.2 Å². The van der Waals surface area contributed by atoms with Gasteiger partial charge in [0.1, 0.15) is 6.07 Å². The van der Waals surface area contributed by atoms with Crippen LogP contribution in [0.2, 0.25) is 0 Å². The van der Waals surface area contributed by atoms with Crippen LogP contribution in [0.4, 0.5) is 0 Å². The molecule has 1 aliphatic carbocycles. The van der Waals surface area contributed by atoms with Gasteiger partial charge in [-0.15, -0.1) is 0 Å². The molecular weight excluding hydrogens is 378 g/mol. The summed E-state index contributed by atoms with van der Waals surface area (Å²) in [5, 5.41) is 30.0. The number of nitriles is 3. The highest BCUT2D eigenvalue weighted by molar-refractivity contribution is 5.89. The van der Waals surface area contributed by atoms with Crippen molar-refractivity contribution in [2.45, 2.75) is 25.8 Å². The third-order valence-corrected chi connectivity index (χ3v) is 6.11. The Morgan fingerprint density at radius 1 is 1.23 bits per heavy atom. The van der Waals surface area contributed by atoms with Gasteiger partial charge in [-0.25, -0.2) is 4.79 Å². The van der Waals surface area contributed by atoms with Crippen molar-refractivity contribution in [3.8, 4) is 18.2 Å². The van der Waals surface area contributed by atoms with Gasteiger partial charge < -0.3 is 10.5 Å². The summed E-state index contributed by atoms with van der Waals surface area (Å²) in [4.78, 5) is 14.1. The predicted molar refractivity (Wildman–Crippen MR) is 109 cm³/mol. The lowest BCUT2D eigenvalue weighted by Crippen LogP contribution is -2.49. The summed E-state index contributed by atoms with van der Waals surface area (Å²) in [6.45, 7) is 5.43. The third kappa shape index (κ3) is 3.12. The second-order valence-corrected chi connectivity index (χ2v) is 7.84. The zero-order valence-electron chi connectivity index (χ0n) is 17.2. The maximum atomic E-state index is 11.8. The lowest BCUT2D eigenvalue weighted by molar-refractivity contribution is 0.0600. The molecule has 0 bridgehead atoms. The van der Waals surface area contributed by atoms with E-state index < -0.39 is 17.3 Å². The quantitative estimate of drug-likeness (QED) is 0.771. The molecule has 0 amide bonds. The molecular formula is C23H23N5O2. The van der Waals surface area contributed by atoms with Crippen LogP contribution in [0.3, 0.4) is 0 Å².